The van der Waals surface area contributed by atoms with Crippen LogP contribution in [0.15, 0.2) is 53.7 Å². The van der Waals surface area contributed by atoms with Crippen LogP contribution < -0.4 is 5.32 Å². The van der Waals surface area contributed by atoms with Crippen LogP contribution in [0.25, 0.3) is 5.69 Å². The summed E-state index contributed by atoms with van der Waals surface area (Å²) < 4.78 is 1.98. The number of para-hydroxylation sites is 1. The zero-order valence-electron chi connectivity index (χ0n) is 18.0. The minimum atomic E-state index is -0.549. The summed E-state index contributed by atoms with van der Waals surface area (Å²) in [6.45, 7) is 4.50. The van der Waals surface area contributed by atoms with Crippen molar-refractivity contribution >= 4 is 40.6 Å². The molecule has 33 heavy (non-hydrogen) atoms. The fraction of sp³-hybridized carbons (Fsp3) is 0.318. The molecule has 1 fully saturated rings. The Morgan fingerprint density at radius 2 is 1.94 bits per heavy atom. The van der Waals surface area contributed by atoms with E-state index in [0.717, 1.165) is 24.6 Å². The molecular formula is C22H23ClN6O3S. The lowest BCUT2D eigenvalue weighted by Crippen LogP contribution is -2.23. The first kappa shape index (κ1) is 23.2. The number of likely N-dealkylation sites (tertiary alicyclic amines) is 1. The number of benzene rings is 2. The maximum absolute atomic E-state index is 12.9. The number of nitro groups is 1. The number of anilines is 1. The predicted molar refractivity (Wildman–Crippen MR) is 128 cm³/mol. The summed E-state index contributed by atoms with van der Waals surface area (Å²) in [6.07, 6.45) is 2.36. The van der Waals surface area contributed by atoms with E-state index in [2.05, 4.69) is 20.4 Å². The van der Waals surface area contributed by atoms with E-state index < -0.39 is 10.2 Å². The van der Waals surface area contributed by atoms with E-state index in [1.807, 2.05) is 34.9 Å². The van der Waals surface area contributed by atoms with Crippen LogP contribution in [0.3, 0.4) is 0 Å². The van der Waals surface area contributed by atoms with Crippen molar-refractivity contribution in [3.05, 3.63) is 69.5 Å². The number of hydrogen-bond acceptors (Lipinski definition) is 7. The molecular weight excluding hydrogens is 464 g/mol. The molecule has 1 aliphatic heterocycles. The van der Waals surface area contributed by atoms with Gasteiger partial charge in [-0.15, -0.1) is 10.2 Å². The van der Waals surface area contributed by atoms with Crippen molar-refractivity contribution in [3.8, 4) is 5.69 Å². The number of carbonyl (C=O) groups excluding carboxylic acids is 1. The van der Waals surface area contributed by atoms with Crippen LogP contribution in [0.4, 0.5) is 11.4 Å². The van der Waals surface area contributed by atoms with E-state index in [-0.39, 0.29) is 22.3 Å². The van der Waals surface area contributed by atoms with E-state index in [0.29, 0.717) is 11.7 Å². The van der Waals surface area contributed by atoms with Gasteiger partial charge in [-0.05, 0) is 51.1 Å². The highest BCUT2D eigenvalue weighted by Gasteiger charge is 2.24. The molecule has 1 aromatic heterocycles. The van der Waals surface area contributed by atoms with Gasteiger partial charge in [-0.2, -0.15) is 0 Å². The molecule has 0 radical (unpaired) electrons. The van der Waals surface area contributed by atoms with E-state index in [4.69, 9.17) is 11.6 Å². The number of nitrogens with zero attached hydrogens (tertiary/aromatic N) is 5. The molecule has 3 aromatic rings. The van der Waals surface area contributed by atoms with Gasteiger partial charge in [0.05, 0.1) is 27.4 Å². The molecule has 9 nitrogen and oxygen atoms in total. The highest BCUT2D eigenvalue weighted by Crippen LogP contribution is 2.30. The van der Waals surface area contributed by atoms with Gasteiger partial charge in [-0.3, -0.25) is 24.4 Å². The van der Waals surface area contributed by atoms with Gasteiger partial charge in [0.15, 0.2) is 11.0 Å². The van der Waals surface area contributed by atoms with Gasteiger partial charge in [0.25, 0.3) is 5.69 Å². The molecule has 0 saturated carbocycles. The number of halogens is 1. The van der Waals surface area contributed by atoms with Crippen LogP contribution in [-0.4, -0.2) is 48.8 Å². The van der Waals surface area contributed by atoms with Crippen LogP contribution in [0.1, 0.15) is 25.6 Å². The lowest BCUT2D eigenvalue weighted by atomic mass is 10.2. The van der Waals surface area contributed by atoms with Crippen LogP contribution in [-0.2, 0) is 11.3 Å². The van der Waals surface area contributed by atoms with E-state index in [1.165, 1.54) is 42.8 Å². The van der Waals surface area contributed by atoms with Gasteiger partial charge in [0.1, 0.15) is 0 Å². The molecule has 172 valence electrons. The van der Waals surface area contributed by atoms with Crippen LogP contribution in [0.5, 0.6) is 0 Å². The quantitative estimate of drug-likeness (QED) is 0.283. The van der Waals surface area contributed by atoms with Crippen LogP contribution >= 0.6 is 23.4 Å². The van der Waals surface area contributed by atoms with E-state index in [9.17, 15) is 14.9 Å². The monoisotopic (exact) mass is 486 g/mol. The van der Waals surface area contributed by atoms with Crippen molar-refractivity contribution in [1.82, 2.24) is 19.7 Å². The molecule has 2 heterocycles. The molecule has 2 aromatic carbocycles. The van der Waals surface area contributed by atoms with E-state index >= 15 is 0 Å². The normalized spacial score (nSPS) is 14.8. The third-order valence-electron chi connectivity index (χ3n) is 5.35. The van der Waals surface area contributed by atoms with Gasteiger partial charge in [-0.1, -0.05) is 41.6 Å². The van der Waals surface area contributed by atoms with Gasteiger partial charge < -0.3 is 5.32 Å². The first-order valence-electron chi connectivity index (χ1n) is 10.6. The molecule has 11 heteroatoms. The Kier molecular flexibility index (Phi) is 7.26. The first-order chi connectivity index (χ1) is 15.9. The Hall–Kier alpha value is -2.95. The highest BCUT2D eigenvalue weighted by molar-refractivity contribution is 8.00. The number of non-ortho nitro benzene ring substituents is 1. The fourth-order valence-electron chi connectivity index (χ4n) is 3.62. The summed E-state index contributed by atoms with van der Waals surface area (Å²) in [5.74, 6) is 0.478. The Balaban J connectivity index is 1.54. The number of thioether (sulfide) groups is 1. The Morgan fingerprint density at radius 1 is 1.21 bits per heavy atom. The lowest BCUT2D eigenvalue weighted by molar-refractivity contribution is -0.384. The molecule has 1 N–H and O–H groups in total. The summed E-state index contributed by atoms with van der Waals surface area (Å²) in [5.41, 5.74) is 0.974. The standard InChI is InChI=1S/C22H23ClN6O3S/c1-15(21(30)24-19-13-17(29(31)32)9-10-18(19)23)33-22-26-25-20(14-27-11-5-6-12-27)28(22)16-7-3-2-4-8-16/h2-4,7-10,13,15H,5-6,11-12,14H2,1H3,(H,24,30). The van der Waals surface area contributed by atoms with Crippen molar-refractivity contribution in [3.63, 3.8) is 0 Å². The van der Waals surface area contributed by atoms with Crippen molar-refractivity contribution in [2.45, 2.75) is 36.7 Å². The average Bonchev–Trinajstić information content (AvgIpc) is 3.46. The maximum Gasteiger partial charge on any atom is 0.271 e. The maximum atomic E-state index is 12.9. The summed E-state index contributed by atoms with van der Waals surface area (Å²) >= 11 is 7.39. The van der Waals surface area contributed by atoms with Gasteiger partial charge in [0, 0.05) is 17.8 Å². The molecule has 0 bridgehead atoms. The number of nitro benzene ring substituents is 1. The number of aromatic nitrogens is 3. The summed E-state index contributed by atoms with van der Waals surface area (Å²) in [4.78, 5) is 25.7. The van der Waals surface area contributed by atoms with Crippen molar-refractivity contribution in [2.75, 3.05) is 18.4 Å². The average molecular weight is 487 g/mol. The number of carbonyl (C=O) groups is 1. The summed E-state index contributed by atoms with van der Waals surface area (Å²) in [7, 11) is 0. The minimum Gasteiger partial charge on any atom is -0.324 e. The van der Waals surface area contributed by atoms with E-state index in [1.54, 1.807) is 6.92 Å². The molecule has 0 spiro atoms. The number of nitrogens with one attached hydrogen (secondary N) is 1. The molecule has 1 amide bonds. The molecule has 4 rings (SSSR count). The lowest BCUT2D eigenvalue weighted by Gasteiger charge is -2.17. The van der Waals surface area contributed by atoms with Crippen molar-refractivity contribution in [2.24, 2.45) is 0 Å². The van der Waals surface area contributed by atoms with Crippen LogP contribution in [0.2, 0.25) is 5.02 Å². The summed E-state index contributed by atoms with van der Waals surface area (Å²) in [5, 5.41) is 22.8. The summed E-state index contributed by atoms with van der Waals surface area (Å²) in [6, 6.07) is 13.7. The smallest absolute Gasteiger partial charge is 0.271 e. The highest BCUT2D eigenvalue weighted by atomic mass is 35.5. The van der Waals surface area contributed by atoms with Crippen molar-refractivity contribution < 1.29 is 9.72 Å². The Labute approximate surface area is 200 Å². The number of hydrogen-bond donors (Lipinski definition) is 1. The second-order valence-corrected chi connectivity index (χ2v) is 9.44. The second-order valence-electron chi connectivity index (χ2n) is 7.72. The van der Waals surface area contributed by atoms with Gasteiger partial charge in [-0.25, -0.2) is 0 Å². The third kappa shape index (κ3) is 5.52. The second kappa shape index (κ2) is 10.3. The Bertz CT molecular complexity index is 1150. The molecule has 1 atom stereocenters. The topological polar surface area (TPSA) is 106 Å². The fourth-order valence-corrected chi connectivity index (χ4v) is 4.68. The Morgan fingerprint density at radius 3 is 2.64 bits per heavy atom. The molecule has 1 unspecified atom stereocenters. The molecule has 1 aliphatic rings. The molecule has 1 saturated heterocycles. The van der Waals surface area contributed by atoms with Crippen LogP contribution in [0, 0.1) is 10.1 Å². The first-order valence-corrected chi connectivity index (χ1v) is 11.8. The van der Waals surface area contributed by atoms with Crippen molar-refractivity contribution in [1.29, 1.82) is 0 Å². The van der Waals surface area contributed by atoms with Gasteiger partial charge in [0.2, 0.25) is 5.91 Å². The zero-order chi connectivity index (χ0) is 23.4. The predicted octanol–water partition coefficient (Wildman–Crippen LogP) is 4.54. The number of rotatable bonds is 8. The van der Waals surface area contributed by atoms with Gasteiger partial charge >= 0.3 is 0 Å². The third-order valence-corrected chi connectivity index (χ3v) is 6.72. The minimum absolute atomic E-state index is 0.148. The SMILES string of the molecule is CC(Sc1nnc(CN2CCCC2)n1-c1ccccc1)C(=O)Nc1cc([N+](=O)[O-])ccc1Cl. The molecule has 0 aliphatic carbocycles. The largest absolute Gasteiger partial charge is 0.324 e. The number of amides is 1. The zero-order valence-corrected chi connectivity index (χ0v) is 19.6.